The lowest BCUT2D eigenvalue weighted by Gasteiger charge is -2.37. The molecular weight excluding hydrogens is 551 g/mol. The molecule has 1 aromatic heterocycles. The summed E-state index contributed by atoms with van der Waals surface area (Å²) in [6.45, 7) is 10.7. The smallest absolute Gasteiger partial charge is 0.407 e. The van der Waals surface area contributed by atoms with Crippen molar-refractivity contribution in [2.24, 2.45) is 0 Å². The lowest BCUT2D eigenvalue weighted by molar-refractivity contribution is -0.142. The highest BCUT2D eigenvalue weighted by Crippen LogP contribution is 2.43. The molecule has 9 heteroatoms. The van der Waals surface area contributed by atoms with E-state index < -0.39 is 23.6 Å². The second kappa shape index (κ2) is 12.4. The molecule has 1 aliphatic rings. The van der Waals surface area contributed by atoms with Crippen LogP contribution in [-0.4, -0.2) is 37.4 Å². The van der Waals surface area contributed by atoms with Gasteiger partial charge in [0.25, 0.3) is 0 Å². The standard InChI is InChI=1S/C34H37FN2O6/c1-6-37-20-28(42-32-21(10-9-13-27(32)37)18-29(38)40-7-2)24-16-22-14-15-41-31(22)26(17-24)25-12-8-11-23(30(25)35)19-36-33(39)43-34(3,4)5/h8-17,28H,6-7,18-20H2,1-5H3,(H,36,39). The molecule has 0 radical (unpaired) electrons. The van der Waals surface area contributed by atoms with E-state index in [2.05, 4.69) is 17.1 Å². The SMILES string of the molecule is CCOC(=O)Cc1cccc2c1OC(c1cc(-c3cccc(CNC(=O)OC(C)(C)C)c3F)c3occc3c1)CN2CC. The molecule has 0 bridgehead atoms. The lowest BCUT2D eigenvalue weighted by atomic mass is 9.95. The molecule has 0 fully saturated rings. The molecule has 0 saturated carbocycles. The van der Waals surface area contributed by atoms with Crippen molar-refractivity contribution in [3.8, 4) is 16.9 Å². The highest BCUT2D eigenvalue weighted by Gasteiger charge is 2.30. The van der Waals surface area contributed by atoms with Gasteiger partial charge in [0.1, 0.15) is 28.9 Å². The Kier molecular flexibility index (Phi) is 8.62. The van der Waals surface area contributed by atoms with Crippen LogP contribution in [0, 0.1) is 5.82 Å². The van der Waals surface area contributed by atoms with Gasteiger partial charge in [0.05, 0.1) is 31.5 Å². The number of benzene rings is 3. The number of rotatable bonds is 8. The zero-order chi connectivity index (χ0) is 30.7. The molecule has 1 amide bonds. The van der Waals surface area contributed by atoms with E-state index in [0.29, 0.717) is 41.2 Å². The molecule has 43 heavy (non-hydrogen) atoms. The fourth-order valence-corrected chi connectivity index (χ4v) is 5.31. The van der Waals surface area contributed by atoms with Crippen LogP contribution >= 0.6 is 0 Å². The molecule has 0 saturated heterocycles. The minimum atomic E-state index is -0.662. The minimum absolute atomic E-state index is 0.0349. The predicted octanol–water partition coefficient (Wildman–Crippen LogP) is 7.33. The maximum Gasteiger partial charge on any atom is 0.407 e. The highest BCUT2D eigenvalue weighted by atomic mass is 19.1. The summed E-state index contributed by atoms with van der Waals surface area (Å²) in [5.74, 6) is -0.137. The van der Waals surface area contributed by atoms with Crippen molar-refractivity contribution < 1.29 is 32.6 Å². The quantitative estimate of drug-likeness (QED) is 0.216. The highest BCUT2D eigenvalue weighted by molar-refractivity contribution is 5.93. The molecule has 3 aromatic carbocycles. The van der Waals surface area contributed by atoms with Gasteiger partial charge in [0, 0.05) is 40.7 Å². The van der Waals surface area contributed by atoms with Gasteiger partial charge in [-0.25, -0.2) is 9.18 Å². The first-order valence-electron chi connectivity index (χ1n) is 14.5. The Morgan fingerprint density at radius 3 is 2.56 bits per heavy atom. The van der Waals surface area contributed by atoms with Crippen LogP contribution < -0.4 is 15.0 Å². The number of alkyl carbamates (subject to hydrolysis) is 1. The van der Waals surface area contributed by atoms with E-state index in [1.54, 1.807) is 52.2 Å². The number of nitrogens with one attached hydrogen (secondary N) is 1. The molecule has 0 aliphatic carbocycles. The summed E-state index contributed by atoms with van der Waals surface area (Å²) in [6.07, 6.45) is 0.665. The Balaban J connectivity index is 1.50. The monoisotopic (exact) mass is 588 g/mol. The average Bonchev–Trinajstić information content (AvgIpc) is 3.44. The van der Waals surface area contributed by atoms with E-state index in [1.807, 2.05) is 36.4 Å². The van der Waals surface area contributed by atoms with Crippen LogP contribution in [-0.2, 0) is 27.2 Å². The van der Waals surface area contributed by atoms with Crippen molar-refractivity contribution in [1.29, 1.82) is 0 Å². The van der Waals surface area contributed by atoms with Gasteiger partial charge in [-0.3, -0.25) is 4.79 Å². The Morgan fingerprint density at radius 1 is 1.05 bits per heavy atom. The normalized spacial score (nSPS) is 14.7. The fourth-order valence-electron chi connectivity index (χ4n) is 5.31. The Hall–Kier alpha value is -4.53. The molecule has 1 atom stereocenters. The van der Waals surface area contributed by atoms with Crippen LogP contribution in [0.4, 0.5) is 14.9 Å². The van der Waals surface area contributed by atoms with Gasteiger partial charge in [0.15, 0.2) is 0 Å². The minimum Gasteiger partial charge on any atom is -0.481 e. The number of para-hydroxylation sites is 1. The van der Waals surface area contributed by atoms with Crippen molar-refractivity contribution >= 4 is 28.7 Å². The van der Waals surface area contributed by atoms with Crippen LogP contribution in [0.3, 0.4) is 0 Å². The number of amides is 1. The van der Waals surface area contributed by atoms with Gasteiger partial charge in [-0.2, -0.15) is 0 Å². The molecule has 8 nitrogen and oxygen atoms in total. The van der Waals surface area contributed by atoms with E-state index in [0.717, 1.165) is 28.7 Å². The topological polar surface area (TPSA) is 90.2 Å². The summed E-state index contributed by atoms with van der Waals surface area (Å²) >= 11 is 0. The van der Waals surface area contributed by atoms with Crippen molar-refractivity contribution in [1.82, 2.24) is 5.32 Å². The summed E-state index contributed by atoms with van der Waals surface area (Å²) in [4.78, 5) is 26.8. The predicted molar refractivity (Wildman–Crippen MR) is 163 cm³/mol. The van der Waals surface area contributed by atoms with Crippen LogP contribution in [0.1, 0.15) is 57.4 Å². The second-order valence-corrected chi connectivity index (χ2v) is 11.4. The third kappa shape index (κ3) is 6.61. The molecule has 226 valence electrons. The molecule has 1 unspecified atom stereocenters. The summed E-state index contributed by atoms with van der Waals surface area (Å²) in [5.41, 5.74) is 3.63. The summed E-state index contributed by atoms with van der Waals surface area (Å²) in [6, 6.07) is 16.6. The number of carbonyl (C=O) groups is 2. The number of furan rings is 1. The number of likely N-dealkylation sites (N-methyl/N-ethyl adjacent to an activating group) is 1. The number of fused-ring (bicyclic) bond motifs is 2. The number of hydrogen-bond donors (Lipinski definition) is 1. The van der Waals surface area contributed by atoms with Crippen molar-refractivity contribution in [3.05, 3.63) is 83.4 Å². The van der Waals surface area contributed by atoms with Crippen LogP contribution in [0.5, 0.6) is 5.75 Å². The second-order valence-electron chi connectivity index (χ2n) is 11.4. The van der Waals surface area contributed by atoms with E-state index in [9.17, 15) is 9.59 Å². The van der Waals surface area contributed by atoms with Crippen LogP contribution in [0.15, 0.2) is 65.3 Å². The third-order valence-corrected chi connectivity index (χ3v) is 7.22. The van der Waals surface area contributed by atoms with Crippen molar-refractivity contribution in [2.75, 3.05) is 24.6 Å². The van der Waals surface area contributed by atoms with Gasteiger partial charge >= 0.3 is 12.1 Å². The number of hydrogen-bond acceptors (Lipinski definition) is 7. The van der Waals surface area contributed by atoms with E-state index >= 15 is 4.39 Å². The van der Waals surface area contributed by atoms with Crippen molar-refractivity contribution in [3.63, 3.8) is 0 Å². The van der Waals surface area contributed by atoms with Gasteiger partial charge in [-0.05, 0) is 64.4 Å². The number of carbonyl (C=O) groups excluding carboxylic acids is 2. The molecule has 5 rings (SSSR count). The Bertz CT molecular complexity index is 1640. The average molecular weight is 589 g/mol. The maximum absolute atomic E-state index is 16.0. The largest absolute Gasteiger partial charge is 0.481 e. The first-order chi connectivity index (χ1) is 20.6. The van der Waals surface area contributed by atoms with Gasteiger partial charge < -0.3 is 28.8 Å². The van der Waals surface area contributed by atoms with Crippen molar-refractivity contribution in [2.45, 2.75) is 59.3 Å². The molecule has 4 aromatic rings. The lowest BCUT2D eigenvalue weighted by Crippen LogP contribution is -2.35. The van der Waals surface area contributed by atoms with Gasteiger partial charge in [0.2, 0.25) is 0 Å². The fraction of sp³-hybridized carbons (Fsp3) is 0.353. The number of ether oxygens (including phenoxy) is 3. The zero-order valence-electron chi connectivity index (χ0n) is 25.2. The summed E-state index contributed by atoms with van der Waals surface area (Å²) in [5, 5.41) is 3.44. The summed E-state index contributed by atoms with van der Waals surface area (Å²) < 4.78 is 38.9. The Labute approximate surface area is 250 Å². The van der Waals surface area contributed by atoms with E-state index in [1.165, 1.54) is 0 Å². The maximum atomic E-state index is 16.0. The third-order valence-electron chi connectivity index (χ3n) is 7.22. The van der Waals surface area contributed by atoms with Gasteiger partial charge in [-0.1, -0.05) is 30.3 Å². The molecular formula is C34H37FN2O6. The first-order valence-corrected chi connectivity index (χ1v) is 14.5. The molecule has 0 spiro atoms. The number of esters is 1. The van der Waals surface area contributed by atoms with Crippen LogP contribution in [0.25, 0.3) is 22.1 Å². The summed E-state index contributed by atoms with van der Waals surface area (Å²) in [7, 11) is 0. The molecule has 1 N–H and O–H groups in total. The first kappa shape index (κ1) is 29.9. The molecule has 2 heterocycles. The number of halogens is 1. The van der Waals surface area contributed by atoms with E-state index in [-0.39, 0.29) is 18.9 Å². The van der Waals surface area contributed by atoms with E-state index in [4.69, 9.17) is 18.6 Å². The van der Waals surface area contributed by atoms with Crippen LogP contribution in [0.2, 0.25) is 0 Å². The number of anilines is 1. The van der Waals surface area contributed by atoms with Gasteiger partial charge in [-0.15, -0.1) is 0 Å². The Morgan fingerprint density at radius 2 is 1.81 bits per heavy atom. The zero-order valence-corrected chi connectivity index (χ0v) is 25.2. The molecule has 1 aliphatic heterocycles. The number of nitrogens with zero attached hydrogens (tertiary/aromatic N) is 1.